The Balaban J connectivity index is 2.92. The molecule has 1 heterocycles. The summed E-state index contributed by atoms with van der Waals surface area (Å²) in [5.74, 6) is -0.145. The minimum Gasteiger partial charge on any atom is -0.513 e. The summed E-state index contributed by atoms with van der Waals surface area (Å²) in [6, 6.07) is 2.21. The summed E-state index contributed by atoms with van der Waals surface area (Å²) in [6.07, 6.45) is -2.99. The van der Waals surface area contributed by atoms with Gasteiger partial charge in [-0.2, -0.15) is 13.2 Å². The van der Waals surface area contributed by atoms with Gasteiger partial charge in [0.15, 0.2) is 0 Å². The number of hydrogen-bond donors (Lipinski definition) is 1. The lowest BCUT2D eigenvalue weighted by Gasteiger charge is -2.10. The van der Waals surface area contributed by atoms with Crippen LogP contribution >= 0.6 is 0 Å². The summed E-state index contributed by atoms with van der Waals surface area (Å²) in [5, 5.41) is 8.80. The van der Waals surface area contributed by atoms with Crippen molar-refractivity contribution in [1.29, 1.82) is 0 Å². The molecule has 5 heteroatoms. The summed E-state index contributed by atoms with van der Waals surface area (Å²) in [5.41, 5.74) is -0.827. The standard InChI is InChI=1S/C10H10F3NO/c1-7(15)4-5-9-8(10(11,12)13)3-2-6-14-9/h2-3,6,15H,1,4-5H2. The van der Waals surface area contributed by atoms with E-state index in [-0.39, 0.29) is 24.3 Å². The predicted molar refractivity (Wildman–Crippen MR) is 49.3 cm³/mol. The Morgan fingerprint density at radius 3 is 2.67 bits per heavy atom. The molecule has 0 aliphatic rings. The maximum Gasteiger partial charge on any atom is 0.418 e. The summed E-state index contributed by atoms with van der Waals surface area (Å²) >= 11 is 0. The molecule has 0 aromatic carbocycles. The van der Waals surface area contributed by atoms with Crippen LogP contribution < -0.4 is 0 Å². The zero-order valence-electron chi connectivity index (χ0n) is 7.88. The fourth-order valence-electron chi connectivity index (χ4n) is 1.16. The summed E-state index contributed by atoms with van der Waals surface area (Å²) in [6.45, 7) is 3.21. The van der Waals surface area contributed by atoms with Crippen LogP contribution in [0.5, 0.6) is 0 Å². The van der Waals surface area contributed by atoms with Crippen molar-refractivity contribution < 1.29 is 18.3 Å². The van der Waals surface area contributed by atoms with Crippen molar-refractivity contribution in [3.63, 3.8) is 0 Å². The van der Waals surface area contributed by atoms with Gasteiger partial charge in [0.2, 0.25) is 0 Å². The maximum atomic E-state index is 12.4. The second kappa shape index (κ2) is 4.33. The molecule has 82 valence electrons. The molecule has 0 radical (unpaired) electrons. The fraction of sp³-hybridized carbons (Fsp3) is 0.300. The van der Waals surface area contributed by atoms with Crippen LogP contribution in [0.2, 0.25) is 0 Å². The van der Waals surface area contributed by atoms with E-state index >= 15 is 0 Å². The van der Waals surface area contributed by atoms with E-state index in [0.717, 1.165) is 6.07 Å². The summed E-state index contributed by atoms with van der Waals surface area (Å²) in [4.78, 5) is 3.64. The molecule has 0 aliphatic heterocycles. The van der Waals surface area contributed by atoms with Crippen molar-refractivity contribution >= 4 is 0 Å². The Kier molecular flexibility index (Phi) is 3.34. The molecule has 1 N–H and O–H groups in total. The zero-order valence-corrected chi connectivity index (χ0v) is 7.88. The SMILES string of the molecule is C=C(O)CCc1ncccc1C(F)(F)F. The van der Waals surface area contributed by atoms with Crippen LogP contribution in [0.3, 0.4) is 0 Å². The number of halogens is 3. The second-order valence-corrected chi connectivity index (χ2v) is 3.06. The number of nitrogens with zero attached hydrogens (tertiary/aromatic N) is 1. The van der Waals surface area contributed by atoms with Gasteiger partial charge in [-0.1, -0.05) is 6.58 Å². The molecule has 0 saturated carbocycles. The van der Waals surface area contributed by atoms with Crippen molar-refractivity contribution in [2.24, 2.45) is 0 Å². The van der Waals surface area contributed by atoms with Crippen LogP contribution in [0.25, 0.3) is 0 Å². The first-order chi connectivity index (χ1) is 6.91. The molecule has 15 heavy (non-hydrogen) atoms. The minimum absolute atomic E-state index is 0.0328. The zero-order chi connectivity index (χ0) is 11.5. The highest BCUT2D eigenvalue weighted by Gasteiger charge is 2.33. The van der Waals surface area contributed by atoms with Crippen molar-refractivity contribution in [1.82, 2.24) is 4.98 Å². The molecule has 1 rings (SSSR count). The first-order valence-corrected chi connectivity index (χ1v) is 4.29. The number of rotatable bonds is 3. The predicted octanol–water partition coefficient (Wildman–Crippen LogP) is 3.10. The van der Waals surface area contributed by atoms with Gasteiger partial charge in [0.05, 0.1) is 17.0 Å². The lowest BCUT2D eigenvalue weighted by Crippen LogP contribution is -2.10. The summed E-state index contributed by atoms with van der Waals surface area (Å²) in [7, 11) is 0. The van der Waals surface area contributed by atoms with E-state index in [4.69, 9.17) is 5.11 Å². The third-order valence-corrected chi connectivity index (χ3v) is 1.85. The molecular formula is C10H10F3NO. The molecule has 0 aliphatic carbocycles. The molecule has 0 atom stereocenters. The van der Waals surface area contributed by atoms with Crippen LogP contribution in [-0.4, -0.2) is 10.1 Å². The van der Waals surface area contributed by atoms with Gasteiger partial charge in [0, 0.05) is 12.6 Å². The topological polar surface area (TPSA) is 33.1 Å². The number of aliphatic hydroxyl groups is 1. The first kappa shape index (κ1) is 11.6. The average molecular weight is 217 g/mol. The smallest absolute Gasteiger partial charge is 0.418 e. The van der Waals surface area contributed by atoms with Gasteiger partial charge in [-0.05, 0) is 18.6 Å². The fourth-order valence-corrected chi connectivity index (χ4v) is 1.16. The van der Waals surface area contributed by atoms with Gasteiger partial charge in [0.25, 0.3) is 0 Å². The van der Waals surface area contributed by atoms with E-state index in [1.165, 1.54) is 12.3 Å². The molecule has 0 amide bonds. The molecule has 1 aromatic rings. The number of aliphatic hydroxyl groups excluding tert-OH is 1. The molecule has 1 aromatic heterocycles. The normalized spacial score (nSPS) is 11.4. The van der Waals surface area contributed by atoms with Crippen LogP contribution in [0.1, 0.15) is 17.7 Å². The quantitative estimate of drug-likeness (QED) is 0.789. The van der Waals surface area contributed by atoms with Crippen LogP contribution in [0, 0.1) is 0 Å². The highest BCUT2D eigenvalue weighted by Crippen LogP contribution is 2.31. The van der Waals surface area contributed by atoms with Crippen LogP contribution in [0.15, 0.2) is 30.7 Å². The van der Waals surface area contributed by atoms with Gasteiger partial charge in [-0.25, -0.2) is 0 Å². The number of alkyl halides is 3. The third-order valence-electron chi connectivity index (χ3n) is 1.85. The molecule has 0 spiro atoms. The number of aryl methyl sites for hydroxylation is 1. The molecule has 0 saturated heterocycles. The van der Waals surface area contributed by atoms with E-state index < -0.39 is 11.7 Å². The number of aromatic nitrogens is 1. The van der Waals surface area contributed by atoms with Gasteiger partial charge in [-0.3, -0.25) is 4.98 Å². The van der Waals surface area contributed by atoms with E-state index in [9.17, 15) is 13.2 Å². The lowest BCUT2D eigenvalue weighted by atomic mass is 10.1. The number of hydrogen-bond acceptors (Lipinski definition) is 2. The molecular weight excluding hydrogens is 207 g/mol. The Morgan fingerprint density at radius 1 is 1.47 bits per heavy atom. The summed E-state index contributed by atoms with van der Waals surface area (Å²) < 4.78 is 37.3. The van der Waals surface area contributed by atoms with Gasteiger partial charge >= 0.3 is 6.18 Å². The Labute approximate surface area is 85.1 Å². The Hall–Kier alpha value is -1.52. The number of allylic oxidation sites excluding steroid dienone is 1. The van der Waals surface area contributed by atoms with Crippen LogP contribution in [-0.2, 0) is 12.6 Å². The average Bonchev–Trinajstić information content (AvgIpc) is 2.13. The third kappa shape index (κ3) is 3.27. The minimum atomic E-state index is -4.40. The van der Waals surface area contributed by atoms with E-state index in [0.29, 0.717) is 0 Å². The van der Waals surface area contributed by atoms with Gasteiger partial charge < -0.3 is 5.11 Å². The first-order valence-electron chi connectivity index (χ1n) is 4.29. The van der Waals surface area contributed by atoms with Crippen LogP contribution in [0.4, 0.5) is 13.2 Å². The highest BCUT2D eigenvalue weighted by atomic mass is 19.4. The van der Waals surface area contributed by atoms with E-state index in [1.54, 1.807) is 0 Å². The largest absolute Gasteiger partial charge is 0.513 e. The van der Waals surface area contributed by atoms with E-state index in [2.05, 4.69) is 11.6 Å². The second-order valence-electron chi connectivity index (χ2n) is 3.06. The molecule has 0 unspecified atom stereocenters. The van der Waals surface area contributed by atoms with Crippen molar-refractivity contribution in [3.05, 3.63) is 41.9 Å². The molecule has 0 fully saturated rings. The Bertz CT molecular complexity index is 360. The monoisotopic (exact) mass is 217 g/mol. The van der Waals surface area contributed by atoms with Crippen molar-refractivity contribution in [2.75, 3.05) is 0 Å². The van der Waals surface area contributed by atoms with Crippen molar-refractivity contribution in [3.8, 4) is 0 Å². The van der Waals surface area contributed by atoms with Gasteiger partial charge in [0.1, 0.15) is 0 Å². The highest BCUT2D eigenvalue weighted by molar-refractivity contribution is 5.23. The van der Waals surface area contributed by atoms with E-state index in [1.807, 2.05) is 0 Å². The maximum absolute atomic E-state index is 12.4. The Morgan fingerprint density at radius 2 is 2.13 bits per heavy atom. The molecule has 0 bridgehead atoms. The molecule has 2 nitrogen and oxygen atoms in total. The van der Waals surface area contributed by atoms with Gasteiger partial charge in [-0.15, -0.1) is 0 Å². The number of pyridine rings is 1. The van der Waals surface area contributed by atoms with Crippen molar-refractivity contribution in [2.45, 2.75) is 19.0 Å². The lowest BCUT2D eigenvalue weighted by molar-refractivity contribution is -0.138.